The summed E-state index contributed by atoms with van der Waals surface area (Å²) >= 11 is 0. The summed E-state index contributed by atoms with van der Waals surface area (Å²) in [7, 11) is 0. The summed E-state index contributed by atoms with van der Waals surface area (Å²) in [5.74, 6) is 0.638. The van der Waals surface area contributed by atoms with Crippen LogP contribution in [-0.4, -0.2) is 12.9 Å². The van der Waals surface area contributed by atoms with Crippen LogP contribution in [0.1, 0.15) is 34.0 Å². The fourth-order valence-corrected chi connectivity index (χ4v) is 3.25. The molecular weight excluding hydrogens is 334 g/mol. The highest BCUT2D eigenvalue weighted by molar-refractivity contribution is 5.82. The number of rotatable bonds is 8. The van der Waals surface area contributed by atoms with Crippen LogP contribution in [0.3, 0.4) is 0 Å². The van der Waals surface area contributed by atoms with Gasteiger partial charge in [0, 0.05) is 24.8 Å². The Morgan fingerprint density at radius 1 is 0.889 bits per heavy atom. The standard InChI is InChI=1S/C24H25NO2/c1-3-27-24-15-23(19(2)14-22(24)18-26)25(16-20-10-6-4-7-11-20)17-21-12-8-5-9-13-21/h4-15,18H,3,16-17H2,1-2H3. The third kappa shape index (κ3) is 4.76. The van der Waals surface area contributed by atoms with E-state index < -0.39 is 0 Å². The molecule has 0 radical (unpaired) electrons. The van der Waals surface area contributed by atoms with E-state index in [1.54, 1.807) is 0 Å². The molecule has 0 aliphatic carbocycles. The van der Waals surface area contributed by atoms with Gasteiger partial charge in [0.25, 0.3) is 0 Å². The van der Waals surface area contributed by atoms with Gasteiger partial charge in [-0.1, -0.05) is 60.7 Å². The molecule has 0 fully saturated rings. The first-order valence-electron chi connectivity index (χ1n) is 9.26. The van der Waals surface area contributed by atoms with E-state index in [0.717, 1.165) is 30.6 Å². The number of carbonyl (C=O) groups is 1. The molecule has 0 saturated carbocycles. The number of nitrogens with zero attached hydrogens (tertiary/aromatic N) is 1. The molecule has 0 amide bonds. The summed E-state index contributed by atoms with van der Waals surface area (Å²) in [5, 5.41) is 0. The Balaban J connectivity index is 2.00. The lowest BCUT2D eigenvalue weighted by Gasteiger charge is -2.28. The van der Waals surface area contributed by atoms with Crippen molar-refractivity contribution in [3.63, 3.8) is 0 Å². The average molecular weight is 359 g/mol. The highest BCUT2D eigenvalue weighted by Gasteiger charge is 2.15. The summed E-state index contributed by atoms with van der Waals surface area (Å²) in [6.07, 6.45) is 0.862. The van der Waals surface area contributed by atoms with Crippen molar-refractivity contribution in [3.05, 3.63) is 95.1 Å². The van der Waals surface area contributed by atoms with Crippen molar-refractivity contribution in [2.24, 2.45) is 0 Å². The number of aldehydes is 1. The van der Waals surface area contributed by atoms with Crippen LogP contribution < -0.4 is 9.64 Å². The summed E-state index contributed by atoms with van der Waals surface area (Å²) in [6.45, 7) is 6.06. The Labute approximate surface area is 161 Å². The monoisotopic (exact) mass is 359 g/mol. The number of benzene rings is 3. The fraction of sp³-hybridized carbons (Fsp3) is 0.208. The zero-order chi connectivity index (χ0) is 19.1. The Bertz CT molecular complexity index is 834. The Kier molecular flexibility index (Phi) is 6.26. The summed E-state index contributed by atoms with van der Waals surface area (Å²) in [5.41, 5.74) is 5.22. The molecule has 0 N–H and O–H groups in total. The predicted molar refractivity (Wildman–Crippen MR) is 111 cm³/mol. The van der Waals surface area contributed by atoms with Gasteiger partial charge in [-0.3, -0.25) is 4.79 Å². The maximum Gasteiger partial charge on any atom is 0.153 e. The number of ether oxygens (including phenoxy) is 1. The van der Waals surface area contributed by atoms with Crippen molar-refractivity contribution >= 4 is 12.0 Å². The molecule has 0 saturated heterocycles. The Morgan fingerprint density at radius 2 is 1.44 bits per heavy atom. The van der Waals surface area contributed by atoms with E-state index in [-0.39, 0.29) is 0 Å². The number of aryl methyl sites for hydroxylation is 1. The van der Waals surface area contributed by atoms with E-state index in [0.29, 0.717) is 17.9 Å². The van der Waals surface area contributed by atoms with Crippen molar-refractivity contribution in [2.45, 2.75) is 26.9 Å². The minimum Gasteiger partial charge on any atom is -0.493 e. The van der Waals surface area contributed by atoms with E-state index in [9.17, 15) is 4.79 Å². The second-order valence-corrected chi connectivity index (χ2v) is 6.55. The molecule has 138 valence electrons. The Hall–Kier alpha value is -3.07. The first-order chi connectivity index (χ1) is 13.2. The SMILES string of the molecule is CCOc1cc(N(Cc2ccccc2)Cc2ccccc2)c(C)cc1C=O. The number of hydrogen-bond donors (Lipinski definition) is 0. The van der Waals surface area contributed by atoms with Gasteiger partial charge in [-0.15, -0.1) is 0 Å². The molecule has 3 nitrogen and oxygen atoms in total. The zero-order valence-corrected chi connectivity index (χ0v) is 15.9. The third-order valence-electron chi connectivity index (χ3n) is 4.53. The molecule has 3 heteroatoms. The molecule has 0 bridgehead atoms. The lowest BCUT2D eigenvalue weighted by molar-refractivity contribution is 0.112. The highest BCUT2D eigenvalue weighted by atomic mass is 16.5. The normalized spacial score (nSPS) is 10.4. The van der Waals surface area contributed by atoms with Crippen LogP contribution in [0.15, 0.2) is 72.8 Å². The molecule has 0 aromatic heterocycles. The quantitative estimate of drug-likeness (QED) is 0.503. The number of carbonyl (C=O) groups excluding carboxylic acids is 1. The van der Waals surface area contributed by atoms with Gasteiger partial charge in [0.05, 0.1) is 12.2 Å². The van der Waals surface area contributed by atoms with Crippen LogP contribution in [-0.2, 0) is 13.1 Å². The highest BCUT2D eigenvalue weighted by Crippen LogP contribution is 2.31. The number of anilines is 1. The van der Waals surface area contributed by atoms with Crippen molar-refractivity contribution in [2.75, 3.05) is 11.5 Å². The van der Waals surface area contributed by atoms with Gasteiger partial charge >= 0.3 is 0 Å². The molecule has 3 aromatic rings. The van der Waals surface area contributed by atoms with Gasteiger partial charge in [0.2, 0.25) is 0 Å². The second-order valence-electron chi connectivity index (χ2n) is 6.55. The van der Waals surface area contributed by atoms with Crippen molar-refractivity contribution < 1.29 is 9.53 Å². The molecule has 0 aliphatic heterocycles. The minimum absolute atomic E-state index is 0.528. The van der Waals surface area contributed by atoms with E-state index in [2.05, 4.69) is 53.4 Å². The van der Waals surface area contributed by atoms with Gasteiger partial charge in [0.1, 0.15) is 5.75 Å². The average Bonchev–Trinajstić information content (AvgIpc) is 2.70. The zero-order valence-electron chi connectivity index (χ0n) is 15.9. The second kappa shape index (κ2) is 9.04. The first-order valence-corrected chi connectivity index (χ1v) is 9.26. The van der Waals surface area contributed by atoms with Gasteiger partial charge in [-0.25, -0.2) is 0 Å². The van der Waals surface area contributed by atoms with Crippen LogP contribution in [0.5, 0.6) is 5.75 Å². The molecule has 0 spiro atoms. The molecule has 0 heterocycles. The van der Waals surface area contributed by atoms with Crippen molar-refractivity contribution in [3.8, 4) is 5.75 Å². The summed E-state index contributed by atoms with van der Waals surface area (Å²) in [6, 6.07) is 24.7. The predicted octanol–water partition coefficient (Wildman–Crippen LogP) is 5.41. The largest absolute Gasteiger partial charge is 0.493 e. The molecule has 27 heavy (non-hydrogen) atoms. The van der Waals surface area contributed by atoms with Crippen molar-refractivity contribution in [1.82, 2.24) is 0 Å². The molecule has 0 atom stereocenters. The summed E-state index contributed by atoms with van der Waals surface area (Å²) in [4.78, 5) is 13.8. The van der Waals surface area contributed by atoms with Crippen LogP contribution in [0.2, 0.25) is 0 Å². The van der Waals surface area contributed by atoms with E-state index in [4.69, 9.17) is 4.74 Å². The lowest BCUT2D eigenvalue weighted by Crippen LogP contribution is -2.23. The van der Waals surface area contributed by atoms with Crippen LogP contribution in [0.25, 0.3) is 0 Å². The number of hydrogen-bond acceptors (Lipinski definition) is 3. The van der Waals surface area contributed by atoms with Crippen LogP contribution >= 0.6 is 0 Å². The molecule has 3 rings (SSSR count). The third-order valence-corrected chi connectivity index (χ3v) is 4.53. The first kappa shape index (κ1) is 18.7. The van der Waals surface area contributed by atoms with Crippen LogP contribution in [0, 0.1) is 6.92 Å². The van der Waals surface area contributed by atoms with Gasteiger partial charge in [-0.05, 0) is 36.6 Å². The smallest absolute Gasteiger partial charge is 0.153 e. The fourth-order valence-electron chi connectivity index (χ4n) is 3.25. The minimum atomic E-state index is 0.528. The van der Waals surface area contributed by atoms with Gasteiger partial charge < -0.3 is 9.64 Å². The lowest BCUT2D eigenvalue weighted by atomic mass is 10.1. The molecule has 0 unspecified atom stereocenters. The molecule has 3 aromatic carbocycles. The van der Waals surface area contributed by atoms with Gasteiger partial charge in [0.15, 0.2) is 6.29 Å². The van der Waals surface area contributed by atoms with E-state index >= 15 is 0 Å². The van der Waals surface area contributed by atoms with Gasteiger partial charge in [-0.2, -0.15) is 0 Å². The van der Waals surface area contributed by atoms with E-state index in [1.165, 1.54) is 11.1 Å². The molecular formula is C24H25NO2. The summed E-state index contributed by atoms with van der Waals surface area (Å²) < 4.78 is 5.72. The Morgan fingerprint density at radius 3 is 1.93 bits per heavy atom. The maximum atomic E-state index is 11.4. The van der Waals surface area contributed by atoms with Crippen LogP contribution in [0.4, 0.5) is 5.69 Å². The van der Waals surface area contributed by atoms with E-state index in [1.807, 2.05) is 38.1 Å². The molecule has 0 aliphatic rings. The maximum absolute atomic E-state index is 11.4. The topological polar surface area (TPSA) is 29.5 Å². The van der Waals surface area contributed by atoms with Crippen molar-refractivity contribution in [1.29, 1.82) is 0 Å².